The Labute approximate surface area is 120 Å². The van der Waals surface area contributed by atoms with Gasteiger partial charge in [-0.05, 0) is 32.6 Å². The van der Waals surface area contributed by atoms with Crippen LogP contribution in [0.4, 0.5) is 0 Å². The summed E-state index contributed by atoms with van der Waals surface area (Å²) < 4.78 is 28.4. The molecule has 0 radical (unpaired) electrons. The van der Waals surface area contributed by atoms with E-state index in [1.54, 1.807) is 8.61 Å². The Morgan fingerprint density at radius 2 is 1.84 bits per heavy atom. The Morgan fingerprint density at radius 3 is 2.37 bits per heavy atom. The number of thioether (sulfide) groups is 1. The zero-order chi connectivity index (χ0) is 14.1. The van der Waals surface area contributed by atoms with Crippen LogP contribution in [-0.4, -0.2) is 65.4 Å². The van der Waals surface area contributed by atoms with Gasteiger partial charge in [0.05, 0.1) is 0 Å². The van der Waals surface area contributed by atoms with Crippen LogP contribution in [0, 0.1) is 5.92 Å². The Bertz CT molecular complexity index is 403. The van der Waals surface area contributed by atoms with Crippen LogP contribution < -0.4 is 0 Å². The van der Waals surface area contributed by atoms with E-state index in [0.717, 1.165) is 18.6 Å². The summed E-state index contributed by atoms with van der Waals surface area (Å²) in [6.07, 6.45) is 1.53. The van der Waals surface area contributed by atoms with E-state index in [2.05, 4.69) is 13.8 Å². The van der Waals surface area contributed by atoms with Crippen molar-refractivity contribution in [3.63, 3.8) is 0 Å². The molecule has 0 saturated carbocycles. The number of rotatable bonds is 3. The topological polar surface area (TPSA) is 60.9 Å². The fourth-order valence-corrected chi connectivity index (χ4v) is 5.77. The molecule has 2 aliphatic rings. The Hall–Kier alpha value is 0.180. The fraction of sp³-hybridized carbons (Fsp3) is 1.00. The van der Waals surface area contributed by atoms with Gasteiger partial charge >= 0.3 is 0 Å². The molecule has 0 aromatic rings. The number of piperidine rings is 1. The van der Waals surface area contributed by atoms with Crippen LogP contribution >= 0.6 is 11.8 Å². The lowest BCUT2D eigenvalue weighted by atomic mass is 10.00. The van der Waals surface area contributed by atoms with E-state index in [1.807, 2.05) is 11.8 Å². The van der Waals surface area contributed by atoms with Crippen molar-refractivity contribution in [2.45, 2.75) is 31.4 Å². The molecule has 5 nitrogen and oxygen atoms in total. The molecule has 7 heteroatoms. The maximum atomic E-state index is 12.6. The first kappa shape index (κ1) is 15.6. The van der Waals surface area contributed by atoms with Crippen LogP contribution in [0.3, 0.4) is 0 Å². The molecule has 0 bridgehead atoms. The summed E-state index contributed by atoms with van der Waals surface area (Å²) in [4.78, 5) is 0. The second-order valence-corrected chi connectivity index (χ2v) is 9.71. The minimum Gasteiger partial charge on any atom is -0.396 e. The van der Waals surface area contributed by atoms with Crippen LogP contribution in [-0.2, 0) is 10.2 Å². The quantitative estimate of drug-likeness (QED) is 0.836. The van der Waals surface area contributed by atoms with Crippen LogP contribution in [0.1, 0.15) is 26.7 Å². The van der Waals surface area contributed by atoms with E-state index in [9.17, 15) is 8.42 Å². The van der Waals surface area contributed by atoms with Crippen LogP contribution in [0.15, 0.2) is 0 Å². The average Bonchev–Trinajstić information content (AvgIpc) is 2.37. The highest BCUT2D eigenvalue weighted by atomic mass is 32.2. The second kappa shape index (κ2) is 5.89. The molecule has 0 amide bonds. The van der Waals surface area contributed by atoms with Crippen molar-refractivity contribution in [1.29, 1.82) is 0 Å². The highest BCUT2D eigenvalue weighted by Crippen LogP contribution is 2.32. The van der Waals surface area contributed by atoms with Crippen molar-refractivity contribution in [3.8, 4) is 0 Å². The summed E-state index contributed by atoms with van der Waals surface area (Å²) in [5.41, 5.74) is 0. The molecular formula is C12H24N2O3S2. The van der Waals surface area contributed by atoms with Crippen LogP contribution in [0.25, 0.3) is 0 Å². The van der Waals surface area contributed by atoms with Gasteiger partial charge in [0.1, 0.15) is 0 Å². The normalized spacial score (nSPS) is 27.5. The monoisotopic (exact) mass is 308 g/mol. The summed E-state index contributed by atoms with van der Waals surface area (Å²) in [5, 5.41) is 9.12. The third-order valence-corrected chi connectivity index (χ3v) is 7.15. The molecule has 0 spiro atoms. The van der Waals surface area contributed by atoms with Gasteiger partial charge in [0, 0.05) is 43.3 Å². The highest BCUT2D eigenvalue weighted by molar-refractivity contribution is 8.00. The lowest BCUT2D eigenvalue weighted by molar-refractivity contribution is 0.165. The Kier molecular flexibility index (Phi) is 4.83. The molecule has 0 aromatic heterocycles. The maximum absolute atomic E-state index is 12.6. The third kappa shape index (κ3) is 3.64. The highest BCUT2D eigenvalue weighted by Gasteiger charge is 2.38. The van der Waals surface area contributed by atoms with Crippen LogP contribution in [0.2, 0.25) is 0 Å². The molecule has 2 fully saturated rings. The Balaban J connectivity index is 2.02. The first-order valence-electron chi connectivity index (χ1n) is 6.85. The average molecular weight is 308 g/mol. The first-order chi connectivity index (χ1) is 8.85. The molecular weight excluding hydrogens is 284 g/mol. The smallest absolute Gasteiger partial charge is 0.282 e. The zero-order valence-corrected chi connectivity index (χ0v) is 13.3. The second-order valence-electron chi connectivity index (χ2n) is 5.97. The van der Waals surface area contributed by atoms with Crippen molar-refractivity contribution in [2.75, 3.05) is 38.5 Å². The van der Waals surface area contributed by atoms with Gasteiger partial charge in [0.25, 0.3) is 10.2 Å². The molecule has 2 aliphatic heterocycles. The summed E-state index contributed by atoms with van der Waals surface area (Å²) in [5.74, 6) is 1.12. The predicted octanol–water partition coefficient (Wildman–Crippen LogP) is 0.763. The Morgan fingerprint density at radius 1 is 1.21 bits per heavy atom. The molecule has 1 N–H and O–H groups in total. The van der Waals surface area contributed by atoms with Gasteiger partial charge in [-0.2, -0.15) is 28.8 Å². The van der Waals surface area contributed by atoms with Crippen molar-refractivity contribution in [2.24, 2.45) is 5.92 Å². The molecule has 0 atom stereocenters. The molecule has 0 aliphatic carbocycles. The van der Waals surface area contributed by atoms with Crippen molar-refractivity contribution in [3.05, 3.63) is 0 Å². The summed E-state index contributed by atoms with van der Waals surface area (Å²) in [6, 6.07) is 0. The number of hydrogen-bond donors (Lipinski definition) is 1. The number of hydrogen-bond acceptors (Lipinski definition) is 4. The van der Waals surface area contributed by atoms with Crippen LogP contribution in [0.5, 0.6) is 0 Å². The van der Waals surface area contributed by atoms with Gasteiger partial charge in [-0.15, -0.1) is 0 Å². The zero-order valence-electron chi connectivity index (χ0n) is 11.7. The maximum Gasteiger partial charge on any atom is 0.282 e. The number of nitrogens with zero attached hydrogens (tertiary/aromatic N) is 2. The molecule has 19 heavy (non-hydrogen) atoms. The fourth-order valence-electron chi connectivity index (χ4n) is 2.66. The predicted molar refractivity (Wildman–Crippen MR) is 78.4 cm³/mol. The van der Waals surface area contributed by atoms with Gasteiger partial charge in [0.2, 0.25) is 0 Å². The SMILES string of the molecule is CC1(C)CN(S(=O)(=O)N2CCC(CO)CC2)CCS1. The lowest BCUT2D eigenvalue weighted by Gasteiger charge is -2.40. The number of aliphatic hydroxyl groups excluding tert-OH is 1. The minimum atomic E-state index is -3.32. The summed E-state index contributed by atoms with van der Waals surface area (Å²) >= 11 is 1.83. The molecule has 112 valence electrons. The van der Waals surface area contributed by atoms with Gasteiger partial charge < -0.3 is 5.11 Å². The first-order valence-corrected chi connectivity index (χ1v) is 9.23. The molecule has 2 saturated heterocycles. The van der Waals surface area contributed by atoms with Gasteiger partial charge in [0.15, 0.2) is 0 Å². The van der Waals surface area contributed by atoms with E-state index < -0.39 is 10.2 Å². The van der Waals surface area contributed by atoms with E-state index >= 15 is 0 Å². The largest absolute Gasteiger partial charge is 0.396 e. The summed E-state index contributed by atoms with van der Waals surface area (Å²) in [7, 11) is -3.32. The molecule has 2 heterocycles. The molecule has 2 rings (SSSR count). The van der Waals surface area contributed by atoms with E-state index in [0.29, 0.717) is 26.2 Å². The lowest BCUT2D eigenvalue weighted by Crippen LogP contribution is -2.53. The molecule has 0 unspecified atom stereocenters. The number of aliphatic hydroxyl groups is 1. The van der Waals surface area contributed by atoms with Crippen molar-refractivity contribution >= 4 is 22.0 Å². The summed E-state index contributed by atoms with van der Waals surface area (Å²) in [6.45, 7) is 6.63. The minimum absolute atomic E-state index is 0.00522. The third-order valence-electron chi connectivity index (χ3n) is 3.87. The van der Waals surface area contributed by atoms with E-state index in [1.165, 1.54) is 0 Å². The van der Waals surface area contributed by atoms with Gasteiger partial charge in [-0.3, -0.25) is 0 Å². The van der Waals surface area contributed by atoms with Crippen molar-refractivity contribution < 1.29 is 13.5 Å². The van der Waals surface area contributed by atoms with Gasteiger partial charge in [-0.25, -0.2) is 0 Å². The van der Waals surface area contributed by atoms with E-state index in [4.69, 9.17) is 5.11 Å². The molecule has 0 aromatic carbocycles. The van der Waals surface area contributed by atoms with Gasteiger partial charge in [-0.1, -0.05) is 0 Å². The van der Waals surface area contributed by atoms with E-state index in [-0.39, 0.29) is 17.3 Å². The standard InChI is InChI=1S/C12H24N2O3S2/c1-12(2)10-14(7-8-18-12)19(16,17)13-5-3-11(9-15)4-6-13/h11,15H,3-10H2,1-2H3. The van der Waals surface area contributed by atoms with Crippen molar-refractivity contribution in [1.82, 2.24) is 8.61 Å².